The van der Waals surface area contributed by atoms with Crippen LogP contribution in [0.15, 0.2) is 48.5 Å². The van der Waals surface area contributed by atoms with Gasteiger partial charge in [-0.3, -0.25) is 4.90 Å². The zero-order valence-corrected chi connectivity index (χ0v) is 16.9. The van der Waals surface area contributed by atoms with Gasteiger partial charge in [-0.15, -0.1) is 0 Å². The molecule has 1 aliphatic rings. The molecule has 0 saturated carbocycles. The van der Waals surface area contributed by atoms with Gasteiger partial charge in [0.2, 0.25) is 0 Å². The van der Waals surface area contributed by atoms with Gasteiger partial charge in [-0.25, -0.2) is 0 Å². The number of hydrogen-bond acceptors (Lipinski definition) is 3. The fourth-order valence-corrected chi connectivity index (χ4v) is 4.07. The van der Waals surface area contributed by atoms with Crippen LogP contribution < -0.4 is 0 Å². The van der Waals surface area contributed by atoms with E-state index in [9.17, 15) is 5.11 Å². The third-order valence-electron chi connectivity index (χ3n) is 5.78. The van der Waals surface area contributed by atoms with Crippen LogP contribution >= 0.6 is 0 Å². The van der Waals surface area contributed by atoms with Crippen molar-refractivity contribution in [2.24, 2.45) is 0 Å². The van der Waals surface area contributed by atoms with Gasteiger partial charge in [0.1, 0.15) is 6.10 Å². The summed E-state index contributed by atoms with van der Waals surface area (Å²) in [4.78, 5) is 2.40. The van der Waals surface area contributed by atoms with Crippen LogP contribution in [0.2, 0.25) is 0 Å². The minimum Gasteiger partial charge on any atom is -0.389 e. The molecule has 3 heteroatoms. The van der Waals surface area contributed by atoms with E-state index < -0.39 is 6.10 Å². The number of hydrogen-bond donors (Lipinski definition) is 1. The normalized spacial score (nSPS) is 19.4. The zero-order chi connectivity index (χ0) is 19.2. The molecule has 1 heterocycles. The molecule has 0 bridgehead atoms. The lowest BCUT2D eigenvalue weighted by Crippen LogP contribution is -2.43. The van der Waals surface area contributed by atoms with Crippen LogP contribution in [0, 0.1) is 13.8 Å². The summed E-state index contributed by atoms with van der Waals surface area (Å²) < 4.78 is 6.34. The summed E-state index contributed by atoms with van der Waals surface area (Å²) in [6, 6.07) is 17.3. The van der Waals surface area contributed by atoms with Crippen molar-refractivity contribution in [3.8, 4) is 0 Å². The molecule has 0 aliphatic carbocycles. The first-order valence-corrected chi connectivity index (χ1v) is 10.2. The van der Waals surface area contributed by atoms with Gasteiger partial charge in [0.25, 0.3) is 0 Å². The van der Waals surface area contributed by atoms with Crippen LogP contribution in [0.1, 0.15) is 54.5 Å². The molecule has 0 unspecified atom stereocenters. The minimum absolute atomic E-state index is 0.152. The van der Waals surface area contributed by atoms with Gasteiger partial charge in [-0.1, -0.05) is 55.0 Å². The third-order valence-corrected chi connectivity index (χ3v) is 5.78. The second kappa shape index (κ2) is 9.50. The van der Waals surface area contributed by atoms with E-state index in [2.05, 4.69) is 74.2 Å². The Hall–Kier alpha value is -1.68. The molecule has 0 spiro atoms. The number of likely N-dealkylation sites (tertiary alicyclic amines) is 1. The summed E-state index contributed by atoms with van der Waals surface area (Å²) in [5.74, 6) is 0. The summed E-state index contributed by atoms with van der Waals surface area (Å²) >= 11 is 0. The van der Waals surface area contributed by atoms with Gasteiger partial charge in [-0.05, 0) is 62.4 Å². The standard InChI is InChI=1S/C24H33NO2/c1-18-10-4-6-13-22(18)24(23-14-7-5-11-19(23)2)27-17-21(26)16-25-15-9-8-12-20(25)3/h4-7,10-11,13-14,20-21,24,26H,8-9,12,15-17H2,1-3H3/t20-,21-/m0/s1. The molecular formula is C24H33NO2. The van der Waals surface area contributed by atoms with Crippen molar-refractivity contribution >= 4 is 0 Å². The average molecular weight is 368 g/mol. The number of β-amino-alcohol motifs (C(OH)–C–C–N with tert-alkyl or cyclic N) is 1. The van der Waals surface area contributed by atoms with Gasteiger partial charge >= 0.3 is 0 Å². The molecule has 146 valence electrons. The Morgan fingerprint density at radius 3 is 2.15 bits per heavy atom. The highest BCUT2D eigenvalue weighted by Gasteiger charge is 2.23. The Balaban J connectivity index is 1.72. The third kappa shape index (κ3) is 5.19. The molecule has 1 saturated heterocycles. The fourth-order valence-electron chi connectivity index (χ4n) is 4.07. The predicted molar refractivity (Wildman–Crippen MR) is 111 cm³/mol. The van der Waals surface area contributed by atoms with Gasteiger partial charge in [0, 0.05) is 12.6 Å². The van der Waals surface area contributed by atoms with Crippen LogP contribution in [-0.4, -0.2) is 41.8 Å². The maximum atomic E-state index is 10.6. The van der Waals surface area contributed by atoms with E-state index in [4.69, 9.17) is 4.74 Å². The molecule has 2 aromatic carbocycles. The van der Waals surface area contributed by atoms with Crippen molar-refractivity contribution in [2.75, 3.05) is 19.7 Å². The predicted octanol–water partition coefficient (Wildman–Crippen LogP) is 4.64. The molecule has 0 radical (unpaired) electrons. The second-order valence-corrected chi connectivity index (χ2v) is 7.92. The van der Waals surface area contributed by atoms with Crippen LogP contribution in [0.4, 0.5) is 0 Å². The van der Waals surface area contributed by atoms with Crippen molar-refractivity contribution in [1.82, 2.24) is 4.90 Å². The second-order valence-electron chi connectivity index (χ2n) is 7.92. The monoisotopic (exact) mass is 367 g/mol. The molecule has 1 N–H and O–H groups in total. The molecule has 3 nitrogen and oxygen atoms in total. The van der Waals surface area contributed by atoms with Crippen molar-refractivity contribution < 1.29 is 9.84 Å². The molecule has 2 atom stereocenters. The lowest BCUT2D eigenvalue weighted by atomic mass is 9.94. The SMILES string of the molecule is Cc1ccccc1C(OC[C@@H](O)CN1CCCC[C@@H]1C)c1ccccc1C. The molecule has 0 amide bonds. The lowest BCUT2D eigenvalue weighted by Gasteiger charge is -2.35. The Morgan fingerprint density at radius 2 is 1.59 bits per heavy atom. The average Bonchev–Trinajstić information content (AvgIpc) is 2.66. The quantitative estimate of drug-likeness (QED) is 0.773. The maximum absolute atomic E-state index is 10.6. The number of piperidine rings is 1. The number of ether oxygens (including phenoxy) is 1. The highest BCUT2D eigenvalue weighted by atomic mass is 16.5. The van der Waals surface area contributed by atoms with E-state index >= 15 is 0 Å². The van der Waals surface area contributed by atoms with Crippen molar-refractivity contribution in [3.05, 3.63) is 70.8 Å². The van der Waals surface area contributed by atoms with Crippen LogP contribution in [0.5, 0.6) is 0 Å². The number of aryl methyl sites for hydroxylation is 2. The van der Waals surface area contributed by atoms with Crippen molar-refractivity contribution in [2.45, 2.75) is 58.3 Å². The Morgan fingerprint density at radius 1 is 1.00 bits per heavy atom. The number of aliphatic hydroxyl groups is 1. The van der Waals surface area contributed by atoms with Crippen LogP contribution in [0.25, 0.3) is 0 Å². The van der Waals surface area contributed by atoms with E-state index in [1.807, 2.05) is 0 Å². The largest absolute Gasteiger partial charge is 0.389 e. The smallest absolute Gasteiger partial charge is 0.108 e. The molecular weight excluding hydrogens is 334 g/mol. The van der Waals surface area contributed by atoms with Gasteiger partial charge in [0.15, 0.2) is 0 Å². The Labute approximate surface area is 164 Å². The highest BCUT2D eigenvalue weighted by molar-refractivity contribution is 5.38. The van der Waals surface area contributed by atoms with Gasteiger partial charge in [0.05, 0.1) is 12.7 Å². The van der Waals surface area contributed by atoms with E-state index in [1.54, 1.807) is 0 Å². The summed E-state index contributed by atoms with van der Waals surface area (Å²) in [7, 11) is 0. The van der Waals surface area contributed by atoms with Crippen LogP contribution in [-0.2, 0) is 4.74 Å². The summed E-state index contributed by atoms with van der Waals surface area (Å²) in [6.07, 6.45) is 3.13. The van der Waals surface area contributed by atoms with Crippen molar-refractivity contribution in [3.63, 3.8) is 0 Å². The summed E-state index contributed by atoms with van der Waals surface area (Å²) in [5, 5.41) is 10.6. The first-order valence-electron chi connectivity index (χ1n) is 10.2. The lowest BCUT2D eigenvalue weighted by molar-refractivity contribution is -0.0172. The summed E-state index contributed by atoms with van der Waals surface area (Å²) in [6.45, 7) is 8.62. The van der Waals surface area contributed by atoms with E-state index in [0.717, 1.165) is 6.54 Å². The van der Waals surface area contributed by atoms with E-state index in [0.29, 0.717) is 19.2 Å². The molecule has 27 heavy (non-hydrogen) atoms. The number of benzene rings is 2. The fraction of sp³-hybridized carbons (Fsp3) is 0.500. The van der Waals surface area contributed by atoms with E-state index in [1.165, 1.54) is 41.5 Å². The number of nitrogens with zero attached hydrogens (tertiary/aromatic N) is 1. The molecule has 0 aromatic heterocycles. The van der Waals surface area contributed by atoms with Crippen LogP contribution in [0.3, 0.4) is 0 Å². The number of rotatable bonds is 7. The topological polar surface area (TPSA) is 32.7 Å². The maximum Gasteiger partial charge on any atom is 0.108 e. The Kier molecular flexibility index (Phi) is 7.06. The molecule has 3 rings (SSSR count). The van der Waals surface area contributed by atoms with Crippen molar-refractivity contribution in [1.29, 1.82) is 0 Å². The first kappa shape index (κ1) is 20.1. The van der Waals surface area contributed by atoms with Gasteiger partial charge < -0.3 is 9.84 Å². The summed E-state index contributed by atoms with van der Waals surface area (Å²) in [5.41, 5.74) is 4.77. The molecule has 2 aromatic rings. The number of aliphatic hydroxyl groups excluding tert-OH is 1. The zero-order valence-electron chi connectivity index (χ0n) is 16.9. The minimum atomic E-state index is -0.471. The van der Waals surface area contributed by atoms with E-state index in [-0.39, 0.29) is 6.10 Å². The Bertz CT molecular complexity index is 684. The first-order chi connectivity index (χ1) is 13.1. The highest BCUT2D eigenvalue weighted by Crippen LogP contribution is 2.30. The molecule has 1 fully saturated rings. The van der Waals surface area contributed by atoms with Gasteiger partial charge in [-0.2, -0.15) is 0 Å². The molecule has 1 aliphatic heterocycles.